The number of hydrogen-bond donors (Lipinski definition) is 0. The average Bonchev–Trinajstić information content (AvgIpc) is 3.26. The summed E-state index contributed by atoms with van der Waals surface area (Å²) in [6.45, 7) is 6.57. The van der Waals surface area contributed by atoms with Gasteiger partial charge in [0.2, 0.25) is 0 Å². The highest BCUT2D eigenvalue weighted by Crippen LogP contribution is 2.16. The van der Waals surface area contributed by atoms with E-state index in [1.54, 1.807) is 0 Å². The third kappa shape index (κ3) is 48.3. The maximum Gasteiger partial charge on any atom is 0.306 e. The molecule has 0 spiro atoms. The summed E-state index contributed by atoms with van der Waals surface area (Å²) >= 11 is 0. The Balaban J connectivity index is 4.41. The normalized spacial score (nSPS) is 12.4. The van der Waals surface area contributed by atoms with E-state index in [-0.39, 0.29) is 37.5 Å². The summed E-state index contributed by atoms with van der Waals surface area (Å²) < 4.78 is 16.7. The second kappa shape index (κ2) is 50.0. The molecule has 0 aromatic rings. The molecule has 0 aliphatic carbocycles. The number of esters is 3. The van der Waals surface area contributed by atoms with Crippen LogP contribution in [-0.2, 0) is 28.6 Å². The highest BCUT2D eigenvalue weighted by Gasteiger charge is 2.19. The number of allylic oxidation sites excluding steroid dienone is 8. The maximum atomic E-state index is 12.8. The minimum atomic E-state index is -0.789. The highest BCUT2D eigenvalue weighted by molar-refractivity contribution is 5.71. The minimum Gasteiger partial charge on any atom is -0.462 e. The predicted octanol–water partition coefficient (Wildman–Crippen LogP) is 17.1. The lowest BCUT2D eigenvalue weighted by Crippen LogP contribution is -2.30. The average molecular weight is 855 g/mol. The van der Waals surface area contributed by atoms with Gasteiger partial charge in [0.25, 0.3) is 0 Å². The number of ether oxygens (including phenoxy) is 3. The number of carbonyl (C=O) groups is 3. The van der Waals surface area contributed by atoms with Crippen LogP contribution in [0.5, 0.6) is 0 Å². The molecule has 0 rings (SSSR count). The van der Waals surface area contributed by atoms with Crippen LogP contribution in [-0.4, -0.2) is 37.2 Å². The molecule has 0 radical (unpaired) electrons. The second-order valence-electron chi connectivity index (χ2n) is 17.4. The van der Waals surface area contributed by atoms with Gasteiger partial charge in [-0.2, -0.15) is 0 Å². The maximum absolute atomic E-state index is 12.8. The Hall–Kier alpha value is -2.63. The van der Waals surface area contributed by atoms with Crippen LogP contribution in [0.4, 0.5) is 0 Å². The monoisotopic (exact) mass is 855 g/mol. The van der Waals surface area contributed by atoms with Crippen LogP contribution in [0.15, 0.2) is 48.6 Å². The minimum absolute atomic E-state index is 0.0865. The van der Waals surface area contributed by atoms with Gasteiger partial charge in [-0.1, -0.05) is 236 Å². The SMILES string of the molecule is CCCCC/C=C\C/C=C\C/C=C\C/C=C\CCCC(=O)OC[C@@H](COC(=O)CCCCCCCCCCCC)OC(=O)CCCCCCCCCCCCCCCCCC. The molecule has 0 aromatic heterocycles. The quantitative estimate of drug-likeness (QED) is 0.0263. The van der Waals surface area contributed by atoms with Crippen LogP contribution in [0.25, 0.3) is 0 Å². The Kier molecular flexibility index (Phi) is 47.9. The Morgan fingerprint density at radius 2 is 0.607 bits per heavy atom. The van der Waals surface area contributed by atoms with E-state index in [0.717, 1.165) is 64.2 Å². The molecule has 0 aromatic carbocycles. The molecular weight excluding hydrogens is 757 g/mol. The van der Waals surface area contributed by atoms with Crippen molar-refractivity contribution in [1.82, 2.24) is 0 Å². The zero-order chi connectivity index (χ0) is 44.4. The zero-order valence-electron chi connectivity index (χ0n) is 40.4. The van der Waals surface area contributed by atoms with Gasteiger partial charge in [-0.05, 0) is 57.8 Å². The summed E-state index contributed by atoms with van der Waals surface area (Å²) in [4.78, 5) is 37.9. The standard InChI is InChI=1S/C55H98O6/c1-4-7-10-13-16-19-22-24-26-28-30-31-33-36-39-42-45-48-54(57)60-51-52(50-59-53(56)47-44-41-38-35-21-18-15-12-9-6-3)61-55(58)49-46-43-40-37-34-32-29-27-25-23-20-17-14-11-8-5-2/h16,19,24,26,30-31,36,39,52H,4-15,17-18,20-23,25,27-29,32-35,37-38,40-51H2,1-3H3/b19-16-,26-24-,31-30-,39-36-/t52-/m1/s1. The lowest BCUT2D eigenvalue weighted by Gasteiger charge is -2.18. The van der Waals surface area contributed by atoms with Crippen molar-refractivity contribution in [3.05, 3.63) is 48.6 Å². The van der Waals surface area contributed by atoms with Gasteiger partial charge in [-0.25, -0.2) is 0 Å². The van der Waals surface area contributed by atoms with Gasteiger partial charge in [0, 0.05) is 19.3 Å². The molecule has 6 nitrogen and oxygen atoms in total. The van der Waals surface area contributed by atoms with Crippen molar-refractivity contribution in [2.24, 2.45) is 0 Å². The number of unbranched alkanes of at least 4 members (excludes halogenated alkanes) is 28. The molecule has 0 aliphatic heterocycles. The van der Waals surface area contributed by atoms with Gasteiger partial charge in [-0.3, -0.25) is 14.4 Å². The third-order valence-corrected chi connectivity index (χ3v) is 11.3. The molecular formula is C55H98O6. The van der Waals surface area contributed by atoms with Crippen molar-refractivity contribution in [1.29, 1.82) is 0 Å². The van der Waals surface area contributed by atoms with E-state index >= 15 is 0 Å². The summed E-state index contributed by atoms with van der Waals surface area (Å²) in [5.74, 6) is -0.937. The molecule has 0 N–H and O–H groups in total. The molecule has 354 valence electrons. The summed E-state index contributed by atoms with van der Waals surface area (Å²) in [7, 11) is 0. The lowest BCUT2D eigenvalue weighted by atomic mass is 10.0. The van der Waals surface area contributed by atoms with Crippen molar-refractivity contribution < 1.29 is 28.6 Å². The zero-order valence-corrected chi connectivity index (χ0v) is 40.4. The fraction of sp³-hybridized carbons (Fsp3) is 0.800. The number of hydrogen-bond acceptors (Lipinski definition) is 6. The predicted molar refractivity (Wildman–Crippen MR) is 261 cm³/mol. The van der Waals surface area contributed by atoms with Gasteiger partial charge in [-0.15, -0.1) is 0 Å². The second-order valence-corrected chi connectivity index (χ2v) is 17.4. The summed E-state index contributed by atoms with van der Waals surface area (Å²) in [5, 5.41) is 0. The van der Waals surface area contributed by atoms with Crippen molar-refractivity contribution >= 4 is 17.9 Å². The van der Waals surface area contributed by atoms with Crippen LogP contribution in [0.2, 0.25) is 0 Å². The van der Waals surface area contributed by atoms with E-state index in [1.807, 2.05) is 0 Å². The first-order valence-electron chi connectivity index (χ1n) is 26.1. The third-order valence-electron chi connectivity index (χ3n) is 11.3. The van der Waals surface area contributed by atoms with E-state index in [9.17, 15) is 14.4 Å². The highest BCUT2D eigenvalue weighted by atomic mass is 16.6. The molecule has 0 saturated heterocycles. The van der Waals surface area contributed by atoms with Crippen molar-refractivity contribution in [3.63, 3.8) is 0 Å². The summed E-state index contributed by atoms with van der Waals surface area (Å²) in [6, 6.07) is 0. The van der Waals surface area contributed by atoms with Gasteiger partial charge in [0.1, 0.15) is 13.2 Å². The fourth-order valence-electron chi connectivity index (χ4n) is 7.38. The molecule has 0 saturated carbocycles. The molecule has 0 heterocycles. The van der Waals surface area contributed by atoms with Gasteiger partial charge >= 0.3 is 17.9 Å². The molecule has 0 bridgehead atoms. The Bertz CT molecular complexity index is 1070. The first kappa shape index (κ1) is 58.4. The molecule has 6 heteroatoms. The van der Waals surface area contributed by atoms with E-state index in [4.69, 9.17) is 14.2 Å². The Labute approximate surface area is 378 Å². The number of rotatable bonds is 47. The van der Waals surface area contributed by atoms with E-state index < -0.39 is 6.10 Å². The first-order valence-corrected chi connectivity index (χ1v) is 26.1. The van der Waals surface area contributed by atoms with Crippen molar-refractivity contribution in [3.8, 4) is 0 Å². The molecule has 61 heavy (non-hydrogen) atoms. The first-order chi connectivity index (χ1) is 30.0. The topological polar surface area (TPSA) is 78.9 Å². The number of carbonyl (C=O) groups excluding carboxylic acids is 3. The van der Waals surface area contributed by atoms with Crippen molar-refractivity contribution in [2.45, 2.75) is 271 Å². The van der Waals surface area contributed by atoms with Gasteiger partial charge in [0.15, 0.2) is 6.10 Å². The molecule has 0 aliphatic rings. The van der Waals surface area contributed by atoms with Crippen LogP contribution >= 0.6 is 0 Å². The van der Waals surface area contributed by atoms with Crippen LogP contribution in [0.3, 0.4) is 0 Å². The van der Waals surface area contributed by atoms with Gasteiger partial charge in [0.05, 0.1) is 0 Å². The van der Waals surface area contributed by atoms with Crippen LogP contribution in [0.1, 0.15) is 265 Å². The largest absolute Gasteiger partial charge is 0.462 e. The summed E-state index contributed by atoms with van der Waals surface area (Å²) in [6.07, 6.45) is 59.6. The van der Waals surface area contributed by atoms with E-state index in [2.05, 4.69) is 69.4 Å². The van der Waals surface area contributed by atoms with Crippen LogP contribution < -0.4 is 0 Å². The smallest absolute Gasteiger partial charge is 0.306 e. The van der Waals surface area contributed by atoms with E-state index in [0.29, 0.717) is 19.3 Å². The van der Waals surface area contributed by atoms with Crippen LogP contribution in [0, 0.1) is 0 Å². The van der Waals surface area contributed by atoms with Crippen molar-refractivity contribution in [2.75, 3.05) is 13.2 Å². The Morgan fingerprint density at radius 3 is 0.984 bits per heavy atom. The summed E-state index contributed by atoms with van der Waals surface area (Å²) in [5.41, 5.74) is 0. The fourth-order valence-corrected chi connectivity index (χ4v) is 7.38. The molecule has 0 amide bonds. The van der Waals surface area contributed by atoms with Gasteiger partial charge < -0.3 is 14.2 Å². The molecule has 1 atom stereocenters. The molecule has 0 fully saturated rings. The Morgan fingerprint density at radius 1 is 0.328 bits per heavy atom. The molecule has 0 unspecified atom stereocenters. The lowest BCUT2D eigenvalue weighted by molar-refractivity contribution is -0.167. The van der Waals surface area contributed by atoms with E-state index in [1.165, 1.54) is 154 Å².